The summed E-state index contributed by atoms with van der Waals surface area (Å²) < 4.78 is 6.25. The molecular formula is C13H28OSi. The summed E-state index contributed by atoms with van der Waals surface area (Å²) in [5.41, 5.74) is 0. The van der Waals surface area contributed by atoms with Crippen LogP contribution >= 0.6 is 0 Å². The lowest BCUT2D eigenvalue weighted by atomic mass is 10.2. The lowest BCUT2D eigenvalue weighted by molar-refractivity contribution is 0.187. The first-order valence-corrected chi connectivity index (χ1v) is 8.90. The molecule has 0 saturated carbocycles. The molecule has 1 unspecified atom stereocenters. The molecule has 0 spiro atoms. The molecule has 0 saturated heterocycles. The molecule has 0 rings (SSSR count). The smallest absolute Gasteiger partial charge is 0.192 e. The molecule has 1 nitrogen and oxygen atoms in total. The van der Waals surface area contributed by atoms with Crippen molar-refractivity contribution in [1.82, 2.24) is 0 Å². The van der Waals surface area contributed by atoms with Gasteiger partial charge in [0.05, 0.1) is 0 Å². The van der Waals surface area contributed by atoms with Crippen molar-refractivity contribution in [2.45, 2.75) is 71.2 Å². The van der Waals surface area contributed by atoms with E-state index in [0.29, 0.717) is 11.1 Å². The SMILES string of the molecule is C=CCCCC(C)O[Si](C)(C)C(C)(C)C. The molecule has 0 heterocycles. The molecule has 0 amide bonds. The van der Waals surface area contributed by atoms with Gasteiger partial charge in [0.2, 0.25) is 0 Å². The summed E-state index contributed by atoms with van der Waals surface area (Å²) in [6.07, 6.45) is 5.83. The van der Waals surface area contributed by atoms with E-state index in [4.69, 9.17) is 4.43 Å². The van der Waals surface area contributed by atoms with Crippen molar-refractivity contribution in [3.8, 4) is 0 Å². The van der Waals surface area contributed by atoms with Crippen molar-refractivity contribution in [3.05, 3.63) is 12.7 Å². The molecule has 1 atom stereocenters. The van der Waals surface area contributed by atoms with Crippen molar-refractivity contribution < 1.29 is 4.43 Å². The summed E-state index contributed by atoms with van der Waals surface area (Å²) in [6.45, 7) is 17.4. The van der Waals surface area contributed by atoms with E-state index in [1.165, 1.54) is 6.42 Å². The Hall–Kier alpha value is -0.0831. The van der Waals surface area contributed by atoms with Gasteiger partial charge in [-0.25, -0.2) is 0 Å². The van der Waals surface area contributed by atoms with Crippen LogP contribution in [-0.4, -0.2) is 14.4 Å². The van der Waals surface area contributed by atoms with Crippen LogP contribution in [-0.2, 0) is 4.43 Å². The minimum absolute atomic E-state index is 0.319. The van der Waals surface area contributed by atoms with E-state index < -0.39 is 8.32 Å². The van der Waals surface area contributed by atoms with Crippen molar-refractivity contribution in [2.75, 3.05) is 0 Å². The Bertz CT molecular complexity index is 191. The lowest BCUT2D eigenvalue weighted by Gasteiger charge is -2.38. The molecule has 15 heavy (non-hydrogen) atoms. The van der Waals surface area contributed by atoms with Gasteiger partial charge in [-0.3, -0.25) is 0 Å². The number of hydrogen-bond donors (Lipinski definition) is 0. The van der Waals surface area contributed by atoms with Gasteiger partial charge >= 0.3 is 0 Å². The van der Waals surface area contributed by atoms with Gasteiger partial charge in [0, 0.05) is 6.10 Å². The van der Waals surface area contributed by atoms with Crippen LogP contribution in [0.5, 0.6) is 0 Å². The summed E-state index contributed by atoms with van der Waals surface area (Å²) in [5.74, 6) is 0. The number of hydrogen-bond acceptors (Lipinski definition) is 1. The first-order valence-electron chi connectivity index (χ1n) is 5.99. The molecule has 0 aromatic rings. The summed E-state index contributed by atoms with van der Waals surface area (Å²) in [6, 6.07) is 0. The summed E-state index contributed by atoms with van der Waals surface area (Å²) >= 11 is 0. The van der Waals surface area contributed by atoms with Gasteiger partial charge in [-0.05, 0) is 44.3 Å². The molecular weight excluding hydrogens is 200 g/mol. The van der Waals surface area contributed by atoms with Gasteiger partial charge in [0.1, 0.15) is 0 Å². The standard InChI is InChI=1S/C13H28OSi/c1-8-9-10-11-12(2)14-15(6,7)13(3,4)5/h8,12H,1,9-11H2,2-7H3. The highest BCUT2D eigenvalue weighted by Gasteiger charge is 2.38. The summed E-state index contributed by atoms with van der Waals surface area (Å²) in [4.78, 5) is 0. The number of allylic oxidation sites excluding steroid dienone is 1. The lowest BCUT2D eigenvalue weighted by Crippen LogP contribution is -2.43. The number of rotatable bonds is 6. The Morgan fingerprint density at radius 1 is 1.33 bits per heavy atom. The maximum absolute atomic E-state index is 6.25. The van der Waals surface area contributed by atoms with Crippen LogP contribution in [0.1, 0.15) is 47.0 Å². The molecule has 0 bridgehead atoms. The highest BCUT2D eigenvalue weighted by atomic mass is 28.4. The van der Waals surface area contributed by atoms with Crippen LogP contribution in [0.2, 0.25) is 18.1 Å². The Labute approximate surface area is 97.0 Å². The largest absolute Gasteiger partial charge is 0.414 e. The molecule has 0 aliphatic heterocycles. The molecule has 0 aliphatic rings. The van der Waals surface area contributed by atoms with Crippen LogP contribution in [0.15, 0.2) is 12.7 Å². The van der Waals surface area contributed by atoms with Crippen molar-refractivity contribution in [1.29, 1.82) is 0 Å². The normalized spacial score (nSPS) is 15.1. The first-order chi connectivity index (χ1) is 6.70. The van der Waals surface area contributed by atoms with E-state index in [1.54, 1.807) is 0 Å². The van der Waals surface area contributed by atoms with E-state index in [2.05, 4.69) is 47.4 Å². The second-order valence-electron chi connectivity index (χ2n) is 5.91. The topological polar surface area (TPSA) is 9.23 Å². The van der Waals surface area contributed by atoms with Crippen molar-refractivity contribution >= 4 is 8.32 Å². The average Bonchev–Trinajstić information content (AvgIpc) is 2.01. The van der Waals surface area contributed by atoms with Gasteiger partial charge in [-0.15, -0.1) is 6.58 Å². The zero-order valence-electron chi connectivity index (χ0n) is 11.4. The van der Waals surface area contributed by atoms with Crippen LogP contribution in [0.4, 0.5) is 0 Å². The Balaban J connectivity index is 4.04. The van der Waals surface area contributed by atoms with Crippen molar-refractivity contribution in [2.24, 2.45) is 0 Å². The van der Waals surface area contributed by atoms with Gasteiger partial charge in [0.15, 0.2) is 8.32 Å². The fourth-order valence-electron chi connectivity index (χ4n) is 1.29. The van der Waals surface area contributed by atoms with Crippen LogP contribution in [0.25, 0.3) is 0 Å². The second kappa shape index (κ2) is 5.85. The van der Waals surface area contributed by atoms with Crippen LogP contribution in [0, 0.1) is 0 Å². The summed E-state index contributed by atoms with van der Waals surface area (Å²) in [7, 11) is -1.55. The van der Waals surface area contributed by atoms with Gasteiger partial charge in [0.25, 0.3) is 0 Å². The third kappa shape index (κ3) is 5.52. The maximum Gasteiger partial charge on any atom is 0.192 e. The maximum atomic E-state index is 6.25. The minimum Gasteiger partial charge on any atom is -0.414 e. The highest BCUT2D eigenvalue weighted by Crippen LogP contribution is 2.37. The predicted octanol–water partition coefficient (Wildman–Crippen LogP) is 4.75. The molecule has 90 valence electrons. The van der Waals surface area contributed by atoms with Crippen molar-refractivity contribution in [3.63, 3.8) is 0 Å². The Morgan fingerprint density at radius 2 is 1.87 bits per heavy atom. The summed E-state index contributed by atoms with van der Waals surface area (Å²) in [5, 5.41) is 0.319. The molecule has 0 N–H and O–H groups in total. The van der Waals surface area contributed by atoms with E-state index in [1.807, 2.05) is 6.08 Å². The fraction of sp³-hybridized carbons (Fsp3) is 0.846. The number of unbranched alkanes of at least 4 members (excludes halogenated alkanes) is 1. The quantitative estimate of drug-likeness (QED) is 0.362. The molecule has 2 heteroatoms. The second-order valence-corrected chi connectivity index (χ2v) is 10.7. The molecule has 0 radical (unpaired) electrons. The van der Waals surface area contributed by atoms with Gasteiger partial charge in [-0.1, -0.05) is 26.8 Å². The van der Waals surface area contributed by atoms with Gasteiger partial charge < -0.3 is 4.43 Å². The van der Waals surface area contributed by atoms with Gasteiger partial charge in [-0.2, -0.15) is 0 Å². The van der Waals surface area contributed by atoms with E-state index >= 15 is 0 Å². The van der Waals surface area contributed by atoms with E-state index in [-0.39, 0.29) is 0 Å². The zero-order chi connectivity index (χ0) is 12.1. The van der Waals surface area contributed by atoms with Crippen LogP contribution < -0.4 is 0 Å². The molecule has 0 aromatic carbocycles. The minimum atomic E-state index is -1.55. The first kappa shape index (κ1) is 14.9. The third-order valence-electron chi connectivity index (χ3n) is 3.32. The van der Waals surface area contributed by atoms with E-state index in [9.17, 15) is 0 Å². The van der Waals surface area contributed by atoms with Crippen LogP contribution in [0.3, 0.4) is 0 Å². The molecule has 0 aromatic heterocycles. The monoisotopic (exact) mass is 228 g/mol. The fourth-order valence-corrected chi connectivity index (χ4v) is 2.77. The Morgan fingerprint density at radius 3 is 2.27 bits per heavy atom. The predicted molar refractivity (Wildman–Crippen MR) is 71.8 cm³/mol. The zero-order valence-corrected chi connectivity index (χ0v) is 12.4. The highest BCUT2D eigenvalue weighted by molar-refractivity contribution is 6.74. The third-order valence-corrected chi connectivity index (χ3v) is 7.92. The molecule has 0 fully saturated rings. The van der Waals surface area contributed by atoms with E-state index in [0.717, 1.165) is 12.8 Å². The molecule has 0 aliphatic carbocycles. The Kier molecular flexibility index (Phi) is 5.82. The average molecular weight is 228 g/mol.